The zero-order valence-corrected chi connectivity index (χ0v) is 23.6. The highest BCUT2D eigenvalue weighted by atomic mass is 16.5. The predicted octanol–water partition coefficient (Wildman–Crippen LogP) is 4.15. The van der Waals surface area contributed by atoms with E-state index in [-0.39, 0.29) is 11.6 Å². The summed E-state index contributed by atoms with van der Waals surface area (Å²) in [5.41, 5.74) is 3.50. The Kier molecular flexibility index (Phi) is 7.35. The normalized spacial score (nSPS) is 18.5. The Hall–Kier alpha value is -3.49. The number of allylic oxidation sites excluding steroid dienone is 2. The number of ether oxygens (including phenoxy) is 1. The van der Waals surface area contributed by atoms with Gasteiger partial charge < -0.3 is 24.2 Å². The van der Waals surface area contributed by atoms with E-state index < -0.39 is 5.60 Å². The molecule has 2 aliphatic rings. The van der Waals surface area contributed by atoms with E-state index in [9.17, 15) is 9.90 Å². The Balaban J connectivity index is 1.66. The number of hydrogen-bond donors (Lipinski definition) is 1. The van der Waals surface area contributed by atoms with Crippen molar-refractivity contribution in [3.63, 3.8) is 0 Å². The van der Waals surface area contributed by atoms with Gasteiger partial charge in [-0.3, -0.25) is 4.79 Å². The van der Waals surface area contributed by atoms with Gasteiger partial charge in [-0.2, -0.15) is 0 Å². The number of aliphatic hydroxyl groups is 1. The van der Waals surface area contributed by atoms with Crippen molar-refractivity contribution < 1.29 is 9.84 Å². The molecule has 1 aliphatic heterocycles. The quantitative estimate of drug-likeness (QED) is 0.439. The lowest BCUT2D eigenvalue weighted by Crippen LogP contribution is -2.47. The molecule has 8 heteroatoms. The SMILES string of the molecule is C=C/C(=C\N(C)CC(C)(C)O)c1nc(N2CCOCC2C2CC2)c2cc(-c3cc(C)c(=O)n(C)c3)ccc2n1. The molecule has 3 aromatic rings. The van der Waals surface area contributed by atoms with E-state index in [1.54, 1.807) is 31.5 Å². The van der Waals surface area contributed by atoms with Crippen molar-refractivity contribution >= 4 is 22.3 Å². The van der Waals surface area contributed by atoms with Gasteiger partial charge in [-0.25, -0.2) is 9.97 Å². The molecule has 5 rings (SSSR count). The van der Waals surface area contributed by atoms with Crippen LogP contribution < -0.4 is 10.5 Å². The molecule has 0 spiro atoms. The Morgan fingerprint density at radius 1 is 1.26 bits per heavy atom. The molecule has 1 atom stereocenters. The number of rotatable bonds is 8. The molecule has 2 fully saturated rings. The van der Waals surface area contributed by atoms with Crippen LogP contribution in [0.25, 0.3) is 27.6 Å². The Bertz CT molecular complexity index is 1460. The predicted molar refractivity (Wildman–Crippen MR) is 157 cm³/mol. The summed E-state index contributed by atoms with van der Waals surface area (Å²) < 4.78 is 7.53. The number of hydrogen-bond acceptors (Lipinski definition) is 7. The van der Waals surface area contributed by atoms with Crippen LogP contribution in [0.4, 0.5) is 5.82 Å². The number of aromatic nitrogens is 3. The highest BCUT2D eigenvalue weighted by Gasteiger charge is 2.38. The van der Waals surface area contributed by atoms with Crippen LogP contribution in [0.1, 0.15) is 38.1 Å². The van der Waals surface area contributed by atoms with Crippen molar-refractivity contribution in [2.24, 2.45) is 13.0 Å². The molecular formula is C31H39N5O3. The summed E-state index contributed by atoms with van der Waals surface area (Å²) in [6, 6.07) is 8.45. The third kappa shape index (κ3) is 5.92. The van der Waals surface area contributed by atoms with Crippen LogP contribution in [0.3, 0.4) is 0 Å². The molecule has 0 radical (unpaired) electrons. The first-order valence-corrected chi connectivity index (χ1v) is 13.6. The average molecular weight is 530 g/mol. The maximum absolute atomic E-state index is 12.3. The molecule has 2 aromatic heterocycles. The van der Waals surface area contributed by atoms with Gasteiger partial charge in [0.1, 0.15) is 5.82 Å². The van der Waals surface area contributed by atoms with Gasteiger partial charge in [0.2, 0.25) is 0 Å². The summed E-state index contributed by atoms with van der Waals surface area (Å²) in [5.74, 6) is 2.11. The van der Waals surface area contributed by atoms with Crippen LogP contribution in [-0.4, -0.2) is 69.5 Å². The lowest BCUT2D eigenvalue weighted by Gasteiger charge is -2.37. The highest BCUT2D eigenvalue weighted by Crippen LogP contribution is 2.40. The number of benzene rings is 1. The molecular weight excluding hydrogens is 490 g/mol. The zero-order chi connectivity index (χ0) is 27.9. The first-order chi connectivity index (χ1) is 18.5. The smallest absolute Gasteiger partial charge is 0.253 e. The fourth-order valence-electron chi connectivity index (χ4n) is 5.53. The topological polar surface area (TPSA) is 83.7 Å². The second-order valence-corrected chi connectivity index (χ2v) is 11.6. The molecule has 206 valence electrons. The number of pyridine rings is 1. The van der Waals surface area contributed by atoms with Gasteiger partial charge in [-0.05, 0) is 68.9 Å². The van der Waals surface area contributed by atoms with Crippen LogP contribution in [-0.2, 0) is 11.8 Å². The van der Waals surface area contributed by atoms with E-state index >= 15 is 0 Å². The molecule has 3 heterocycles. The van der Waals surface area contributed by atoms with Crippen molar-refractivity contribution in [1.29, 1.82) is 0 Å². The lowest BCUT2D eigenvalue weighted by molar-refractivity contribution is 0.0570. The molecule has 1 aliphatic carbocycles. The van der Waals surface area contributed by atoms with Crippen molar-refractivity contribution in [3.05, 3.63) is 71.1 Å². The van der Waals surface area contributed by atoms with Crippen molar-refractivity contribution in [2.45, 2.75) is 45.3 Å². The van der Waals surface area contributed by atoms with Gasteiger partial charge in [0.15, 0.2) is 5.82 Å². The first-order valence-electron chi connectivity index (χ1n) is 13.6. The fraction of sp³-hybridized carbons (Fsp3) is 0.452. The standard InChI is InChI=1S/C31H39N5O3/c1-7-21(16-34(5)19-31(3,4)38)28-32-26-11-10-23(24-14-20(2)30(37)35(6)17-24)15-25(26)29(33-28)36-12-13-39-18-27(36)22-8-9-22/h7,10-11,14-17,22,27,38H,1,8-9,12-13,18-19H2,2-6H3/b21-16+. The van der Waals surface area contributed by atoms with E-state index in [1.165, 1.54) is 12.8 Å². The van der Waals surface area contributed by atoms with E-state index in [0.29, 0.717) is 37.1 Å². The molecule has 1 saturated heterocycles. The second-order valence-electron chi connectivity index (χ2n) is 11.6. The van der Waals surface area contributed by atoms with E-state index in [2.05, 4.69) is 23.6 Å². The van der Waals surface area contributed by atoms with Gasteiger partial charge >= 0.3 is 0 Å². The number of aryl methyl sites for hydroxylation is 2. The van der Waals surface area contributed by atoms with Gasteiger partial charge in [-0.1, -0.05) is 18.7 Å². The van der Waals surface area contributed by atoms with Crippen molar-refractivity contribution in [2.75, 3.05) is 38.3 Å². The third-order valence-corrected chi connectivity index (χ3v) is 7.45. The van der Waals surface area contributed by atoms with Crippen LogP contribution >= 0.6 is 0 Å². The Morgan fingerprint density at radius 3 is 2.69 bits per heavy atom. The fourth-order valence-corrected chi connectivity index (χ4v) is 5.53. The monoisotopic (exact) mass is 529 g/mol. The Morgan fingerprint density at radius 2 is 2.03 bits per heavy atom. The number of nitrogens with zero attached hydrogens (tertiary/aromatic N) is 5. The number of anilines is 1. The van der Waals surface area contributed by atoms with Crippen molar-refractivity contribution in [3.8, 4) is 11.1 Å². The second kappa shape index (κ2) is 10.6. The maximum Gasteiger partial charge on any atom is 0.253 e. The van der Waals surface area contributed by atoms with E-state index in [0.717, 1.165) is 40.0 Å². The molecule has 1 aromatic carbocycles. The van der Waals surface area contributed by atoms with E-state index in [4.69, 9.17) is 14.7 Å². The average Bonchev–Trinajstić information content (AvgIpc) is 3.74. The van der Waals surface area contributed by atoms with Crippen molar-refractivity contribution in [1.82, 2.24) is 19.4 Å². The summed E-state index contributed by atoms with van der Waals surface area (Å²) >= 11 is 0. The summed E-state index contributed by atoms with van der Waals surface area (Å²) in [6.07, 6.45) is 8.01. The van der Waals surface area contributed by atoms with Crippen LogP contribution in [0, 0.1) is 12.8 Å². The summed E-state index contributed by atoms with van der Waals surface area (Å²) in [6.45, 7) is 12.0. The molecule has 8 nitrogen and oxygen atoms in total. The van der Waals surface area contributed by atoms with Crippen LogP contribution in [0.5, 0.6) is 0 Å². The Labute approximate surface area is 230 Å². The minimum atomic E-state index is -0.839. The highest BCUT2D eigenvalue weighted by molar-refractivity contribution is 5.94. The van der Waals surface area contributed by atoms with Gasteiger partial charge in [0.05, 0.1) is 30.4 Å². The molecule has 0 bridgehead atoms. The van der Waals surface area contributed by atoms with Gasteiger partial charge in [0, 0.05) is 56.1 Å². The largest absolute Gasteiger partial charge is 0.389 e. The summed E-state index contributed by atoms with van der Waals surface area (Å²) in [7, 11) is 3.71. The molecule has 1 N–H and O–H groups in total. The van der Waals surface area contributed by atoms with Crippen LogP contribution in [0.2, 0.25) is 0 Å². The number of morpholine rings is 1. The molecule has 1 saturated carbocycles. The molecule has 1 unspecified atom stereocenters. The van der Waals surface area contributed by atoms with Gasteiger partial charge in [0.25, 0.3) is 5.56 Å². The first kappa shape index (κ1) is 27.1. The third-order valence-electron chi connectivity index (χ3n) is 7.45. The molecule has 39 heavy (non-hydrogen) atoms. The zero-order valence-electron chi connectivity index (χ0n) is 23.6. The molecule has 0 amide bonds. The minimum absolute atomic E-state index is 0.00657. The summed E-state index contributed by atoms with van der Waals surface area (Å²) in [5, 5.41) is 11.3. The summed E-state index contributed by atoms with van der Waals surface area (Å²) in [4.78, 5) is 26.8. The maximum atomic E-state index is 12.3. The minimum Gasteiger partial charge on any atom is -0.389 e. The van der Waals surface area contributed by atoms with Gasteiger partial charge in [-0.15, -0.1) is 0 Å². The lowest BCUT2D eigenvalue weighted by atomic mass is 10.0. The number of fused-ring (bicyclic) bond motifs is 1. The number of likely N-dealkylation sites (N-methyl/N-ethyl adjacent to an activating group) is 1. The van der Waals surface area contributed by atoms with E-state index in [1.807, 2.05) is 43.4 Å². The van der Waals surface area contributed by atoms with Crippen LogP contribution in [0.15, 0.2) is 54.1 Å².